The Hall–Kier alpha value is -3.50. The number of hydrogen-bond acceptors (Lipinski definition) is 7. The SMILES string of the molecule is COc1ccc(CC(=O)N=C2S[C@H]3CS(=O)(=O)C[C@@H]3N2c2ccc(N3CCC(Cc4ccccc4)CC3)cc2)cc1OC. The van der Waals surface area contributed by atoms with Gasteiger partial charge in [0.2, 0.25) is 0 Å². The third-order valence-electron chi connectivity index (χ3n) is 8.56. The summed E-state index contributed by atoms with van der Waals surface area (Å²) in [6, 6.07) is 24.1. The number of rotatable bonds is 8. The highest BCUT2D eigenvalue weighted by Gasteiger charge is 2.49. The first-order chi connectivity index (χ1) is 20.8. The molecular formula is C33H37N3O5S2. The molecule has 1 amide bonds. The van der Waals surface area contributed by atoms with Gasteiger partial charge in [0.15, 0.2) is 26.5 Å². The van der Waals surface area contributed by atoms with Crippen molar-refractivity contribution in [1.82, 2.24) is 0 Å². The van der Waals surface area contributed by atoms with E-state index in [2.05, 4.69) is 52.4 Å². The van der Waals surface area contributed by atoms with Crippen molar-refractivity contribution in [2.24, 2.45) is 10.9 Å². The Bertz CT molecular complexity index is 1590. The lowest BCUT2D eigenvalue weighted by Gasteiger charge is -2.34. The summed E-state index contributed by atoms with van der Waals surface area (Å²) >= 11 is 1.39. The van der Waals surface area contributed by atoms with Gasteiger partial charge in [0, 0.05) is 29.7 Å². The number of ether oxygens (including phenoxy) is 2. The van der Waals surface area contributed by atoms with Gasteiger partial charge in [-0.1, -0.05) is 48.2 Å². The summed E-state index contributed by atoms with van der Waals surface area (Å²) in [5.41, 5.74) is 4.19. The van der Waals surface area contributed by atoms with Crippen LogP contribution in [-0.4, -0.2) is 69.6 Å². The van der Waals surface area contributed by atoms with E-state index in [0.717, 1.165) is 49.3 Å². The number of fused-ring (bicyclic) bond motifs is 1. The first-order valence-corrected chi connectivity index (χ1v) is 17.4. The van der Waals surface area contributed by atoms with Crippen LogP contribution in [0.5, 0.6) is 11.5 Å². The molecule has 3 aromatic carbocycles. The fourth-order valence-corrected chi connectivity index (χ4v) is 10.3. The van der Waals surface area contributed by atoms with Gasteiger partial charge in [-0.25, -0.2) is 8.42 Å². The molecule has 2 atom stereocenters. The predicted octanol–water partition coefficient (Wildman–Crippen LogP) is 5.01. The summed E-state index contributed by atoms with van der Waals surface area (Å²) in [7, 11) is -0.0239. The molecule has 0 N–H and O–H groups in total. The summed E-state index contributed by atoms with van der Waals surface area (Å²) in [6.07, 6.45) is 3.53. The summed E-state index contributed by atoms with van der Waals surface area (Å²) in [5.74, 6) is 1.70. The highest BCUT2D eigenvalue weighted by molar-refractivity contribution is 8.16. The van der Waals surface area contributed by atoms with E-state index in [0.29, 0.717) is 22.6 Å². The number of amides is 1. The molecule has 0 aromatic heterocycles. The number of thioether (sulfide) groups is 1. The molecule has 3 saturated heterocycles. The Kier molecular flexibility index (Phi) is 8.68. The third kappa shape index (κ3) is 6.70. The molecule has 3 aliphatic heterocycles. The molecule has 0 unspecified atom stereocenters. The zero-order valence-electron chi connectivity index (χ0n) is 24.5. The van der Waals surface area contributed by atoms with E-state index in [9.17, 15) is 13.2 Å². The third-order valence-corrected chi connectivity index (χ3v) is 11.8. The fourth-order valence-electron chi connectivity index (χ4n) is 6.34. The molecular weight excluding hydrogens is 583 g/mol. The molecule has 3 fully saturated rings. The Balaban J connectivity index is 1.16. The number of anilines is 2. The van der Waals surface area contributed by atoms with Crippen molar-refractivity contribution in [1.29, 1.82) is 0 Å². The van der Waals surface area contributed by atoms with Gasteiger partial charge in [-0.15, -0.1) is 0 Å². The molecule has 0 aliphatic carbocycles. The zero-order chi connectivity index (χ0) is 30.0. The molecule has 3 aliphatic rings. The Labute approximate surface area is 258 Å². The summed E-state index contributed by atoms with van der Waals surface area (Å²) in [4.78, 5) is 22.0. The molecule has 226 valence electrons. The van der Waals surface area contributed by atoms with E-state index in [-0.39, 0.29) is 35.1 Å². The van der Waals surface area contributed by atoms with E-state index in [1.165, 1.54) is 17.3 Å². The van der Waals surface area contributed by atoms with Gasteiger partial charge in [0.25, 0.3) is 5.91 Å². The van der Waals surface area contributed by atoms with Crippen molar-refractivity contribution >= 4 is 44.0 Å². The molecule has 6 rings (SSSR count). The number of amidine groups is 1. The minimum absolute atomic E-state index is 0.0598. The molecule has 0 saturated carbocycles. The van der Waals surface area contributed by atoms with E-state index in [1.807, 2.05) is 23.1 Å². The second-order valence-corrected chi connectivity index (χ2v) is 14.8. The lowest BCUT2D eigenvalue weighted by Crippen LogP contribution is -2.38. The van der Waals surface area contributed by atoms with E-state index >= 15 is 0 Å². The maximum absolute atomic E-state index is 13.1. The number of nitrogens with zero attached hydrogens (tertiary/aromatic N) is 3. The van der Waals surface area contributed by atoms with Crippen LogP contribution in [0.15, 0.2) is 77.8 Å². The standard InChI is InChI=1S/C33H37N3O5S2/c1-40-29-13-8-25(19-30(29)41-2)20-32(37)34-33-36(28-21-43(38,39)22-31(28)42-33)27-11-9-26(10-12-27)35-16-14-24(15-17-35)18-23-6-4-3-5-7-23/h3-13,19,24,28,31H,14-18,20-22H2,1-2H3/t28-,31-/m0/s1. The van der Waals surface area contributed by atoms with Crippen LogP contribution < -0.4 is 19.3 Å². The Morgan fingerprint density at radius 1 is 0.884 bits per heavy atom. The Morgan fingerprint density at radius 3 is 2.28 bits per heavy atom. The second-order valence-electron chi connectivity index (χ2n) is 11.5. The average molecular weight is 620 g/mol. The van der Waals surface area contributed by atoms with Gasteiger partial charge in [0.05, 0.1) is 38.2 Å². The number of aliphatic imine (C=N–C) groups is 1. The van der Waals surface area contributed by atoms with Crippen molar-refractivity contribution in [2.45, 2.75) is 37.0 Å². The minimum Gasteiger partial charge on any atom is -0.493 e. The van der Waals surface area contributed by atoms with E-state index in [4.69, 9.17) is 9.47 Å². The normalized spacial score (nSPS) is 22.5. The monoisotopic (exact) mass is 619 g/mol. The predicted molar refractivity (Wildman–Crippen MR) is 174 cm³/mol. The number of benzene rings is 3. The van der Waals surface area contributed by atoms with Crippen LogP contribution in [0, 0.1) is 5.92 Å². The summed E-state index contributed by atoms with van der Waals surface area (Å²) < 4.78 is 35.7. The quantitative estimate of drug-likeness (QED) is 0.348. The number of piperidine rings is 1. The van der Waals surface area contributed by atoms with Crippen molar-refractivity contribution in [3.63, 3.8) is 0 Å². The molecule has 3 heterocycles. The van der Waals surface area contributed by atoms with Gasteiger partial charge < -0.3 is 19.3 Å². The second kappa shape index (κ2) is 12.6. The van der Waals surface area contributed by atoms with Gasteiger partial charge in [0.1, 0.15) is 0 Å². The summed E-state index contributed by atoms with van der Waals surface area (Å²) in [5, 5.41) is 0.408. The van der Waals surface area contributed by atoms with Crippen molar-refractivity contribution in [3.8, 4) is 11.5 Å². The van der Waals surface area contributed by atoms with Crippen LogP contribution >= 0.6 is 11.8 Å². The lowest BCUT2D eigenvalue weighted by molar-refractivity contribution is -0.117. The van der Waals surface area contributed by atoms with E-state index < -0.39 is 9.84 Å². The number of methoxy groups -OCH3 is 2. The van der Waals surface area contributed by atoms with Crippen molar-refractivity contribution < 1.29 is 22.7 Å². The molecule has 0 bridgehead atoms. The average Bonchev–Trinajstić information content (AvgIpc) is 3.48. The molecule has 0 radical (unpaired) electrons. The first-order valence-electron chi connectivity index (χ1n) is 14.7. The number of carbonyl (C=O) groups is 1. The number of sulfone groups is 1. The zero-order valence-corrected chi connectivity index (χ0v) is 26.1. The van der Waals surface area contributed by atoms with Gasteiger partial charge in [-0.3, -0.25) is 4.79 Å². The molecule has 3 aromatic rings. The topological polar surface area (TPSA) is 88.5 Å². The van der Waals surface area contributed by atoms with Crippen LogP contribution in [0.2, 0.25) is 0 Å². The van der Waals surface area contributed by atoms with Crippen LogP contribution in [0.4, 0.5) is 11.4 Å². The van der Waals surface area contributed by atoms with Gasteiger partial charge in [-0.2, -0.15) is 4.99 Å². The summed E-state index contributed by atoms with van der Waals surface area (Å²) in [6.45, 7) is 2.02. The fraction of sp³-hybridized carbons (Fsp3) is 0.394. The first kappa shape index (κ1) is 29.6. The van der Waals surface area contributed by atoms with E-state index in [1.54, 1.807) is 26.4 Å². The number of hydrogen-bond donors (Lipinski definition) is 0. The molecule has 43 heavy (non-hydrogen) atoms. The van der Waals surface area contributed by atoms with Crippen molar-refractivity contribution in [2.75, 3.05) is 48.6 Å². The minimum atomic E-state index is -3.15. The highest BCUT2D eigenvalue weighted by Crippen LogP contribution is 2.41. The largest absolute Gasteiger partial charge is 0.493 e. The lowest BCUT2D eigenvalue weighted by atomic mass is 9.90. The maximum atomic E-state index is 13.1. The highest BCUT2D eigenvalue weighted by atomic mass is 32.2. The Morgan fingerprint density at radius 2 is 1.58 bits per heavy atom. The van der Waals surface area contributed by atoms with Gasteiger partial charge >= 0.3 is 0 Å². The van der Waals surface area contributed by atoms with Gasteiger partial charge in [-0.05, 0) is 72.7 Å². The number of carbonyl (C=O) groups excluding carboxylic acids is 1. The maximum Gasteiger partial charge on any atom is 0.252 e. The van der Waals surface area contributed by atoms with Crippen molar-refractivity contribution in [3.05, 3.63) is 83.9 Å². The van der Waals surface area contributed by atoms with Crippen LogP contribution in [-0.2, 0) is 27.5 Å². The van der Waals surface area contributed by atoms with Crippen LogP contribution in [0.1, 0.15) is 24.0 Å². The molecule has 0 spiro atoms. The van der Waals surface area contributed by atoms with Crippen LogP contribution in [0.3, 0.4) is 0 Å². The van der Waals surface area contributed by atoms with Crippen LogP contribution in [0.25, 0.3) is 0 Å². The molecule has 8 nitrogen and oxygen atoms in total. The molecule has 10 heteroatoms. The smallest absolute Gasteiger partial charge is 0.252 e.